The maximum atomic E-state index is 10.5. The molecule has 5 nitrogen and oxygen atoms in total. The van der Waals surface area contributed by atoms with Crippen molar-refractivity contribution in [2.75, 3.05) is 25.1 Å². The highest BCUT2D eigenvalue weighted by Gasteiger charge is 2.40. The zero-order valence-electron chi connectivity index (χ0n) is 12.4. The quantitative estimate of drug-likeness (QED) is 0.866. The standard InChI is InChI=1S/C14H22ClN3O2/c1-9-6-18(7-10(2)14(9,3)19)13-5-11(15)16-12(17-13)8-20-4/h5,9-10,19H,6-8H2,1-4H3/t9-,10+,14-. The number of nitrogens with zero attached hydrogens (tertiary/aromatic N) is 3. The first kappa shape index (κ1) is 15.5. The number of methoxy groups -OCH3 is 1. The Balaban J connectivity index is 2.24. The lowest BCUT2D eigenvalue weighted by atomic mass is 9.76. The van der Waals surface area contributed by atoms with Crippen LogP contribution in [0.1, 0.15) is 26.6 Å². The van der Waals surface area contributed by atoms with E-state index < -0.39 is 5.60 Å². The molecule has 1 aliphatic rings. The molecule has 3 atom stereocenters. The minimum atomic E-state index is -0.650. The molecule has 1 aromatic rings. The molecular weight excluding hydrogens is 278 g/mol. The second-order valence-corrected chi connectivity index (χ2v) is 6.22. The molecule has 1 aliphatic heterocycles. The number of aromatic nitrogens is 2. The average Bonchev–Trinajstić information content (AvgIpc) is 2.35. The van der Waals surface area contributed by atoms with Crippen LogP contribution in [0.4, 0.5) is 5.82 Å². The van der Waals surface area contributed by atoms with Gasteiger partial charge in [0.25, 0.3) is 0 Å². The minimum absolute atomic E-state index is 0.158. The molecule has 0 bridgehead atoms. The Labute approximate surface area is 124 Å². The number of anilines is 1. The molecule has 0 unspecified atom stereocenters. The van der Waals surface area contributed by atoms with Crippen LogP contribution in [0.5, 0.6) is 0 Å². The maximum Gasteiger partial charge on any atom is 0.158 e. The third kappa shape index (κ3) is 3.05. The van der Waals surface area contributed by atoms with Gasteiger partial charge >= 0.3 is 0 Å². The summed E-state index contributed by atoms with van der Waals surface area (Å²) in [5.74, 6) is 1.69. The number of hydrogen-bond donors (Lipinski definition) is 1. The Bertz CT molecular complexity index is 467. The summed E-state index contributed by atoms with van der Waals surface area (Å²) < 4.78 is 5.06. The molecule has 2 rings (SSSR count). The summed E-state index contributed by atoms with van der Waals surface area (Å²) >= 11 is 6.05. The van der Waals surface area contributed by atoms with Crippen LogP contribution in [0, 0.1) is 11.8 Å². The van der Waals surface area contributed by atoms with Gasteiger partial charge in [-0.05, 0) is 6.92 Å². The zero-order valence-corrected chi connectivity index (χ0v) is 13.2. The van der Waals surface area contributed by atoms with Crippen LogP contribution in [0.3, 0.4) is 0 Å². The molecule has 0 saturated carbocycles. The summed E-state index contributed by atoms with van der Waals surface area (Å²) in [6, 6.07) is 1.76. The van der Waals surface area contributed by atoms with E-state index in [9.17, 15) is 5.11 Å². The minimum Gasteiger partial charge on any atom is -0.389 e. The van der Waals surface area contributed by atoms with E-state index in [1.54, 1.807) is 13.2 Å². The van der Waals surface area contributed by atoms with Crippen molar-refractivity contribution in [1.82, 2.24) is 9.97 Å². The maximum absolute atomic E-state index is 10.5. The molecular formula is C14H22ClN3O2. The molecule has 112 valence electrons. The molecule has 1 N–H and O–H groups in total. The van der Waals surface area contributed by atoms with Gasteiger partial charge in [-0.15, -0.1) is 0 Å². The van der Waals surface area contributed by atoms with E-state index in [2.05, 4.69) is 28.7 Å². The lowest BCUT2D eigenvalue weighted by Gasteiger charge is -2.46. The van der Waals surface area contributed by atoms with Crippen LogP contribution in [0.15, 0.2) is 6.07 Å². The molecule has 2 heterocycles. The summed E-state index contributed by atoms with van der Waals surface area (Å²) in [6.45, 7) is 7.85. The highest BCUT2D eigenvalue weighted by molar-refractivity contribution is 6.29. The topological polar surface area (TPSA) is 58.5 Å². The summed E-state index contributed by atoms with van der Waals surface area (Å²) in [4.78, 5) is 10.8. The molecule has 0 aromatic carbocycles. The Morgan fingerprint density at radius 3 is 2.55 bits per heavy atom. The van der Waals surface area contributed by atoms with Gasteiger partial charge in [-0.25, -0.2) is 9.97 Å². The van der Waals surface area contributed by atoms with Crippen LogP contribution in [-0.2, 0) is 11.3 Å². The molecule has 1 aromatic heterocycles. The number of rotatable bonds is 3. The fourth-order valence-electron chi connectivity index (χ4n) is 2.59. The van der Waals surface area contributed by atoms with Crippen molar-refractivity contribution >= 4 is 17.4 Å². The third-order valence-corrected chi connectivity index (χ3v) is 4.50. The second-order valence-electron chi connectivity index (χ2n) is 5.83. The fraction of sp³-hybridized carbons (Fsp3) is 0.714. The number of halogens is 1. The monoisotopic (exact) mass is 299 g/mol. The molecule has 0 aliphatic carbocycles. The van der Waals surface area contributed by atoms with Gasteiger partial charge in [0.1, 0.15) is 17.6 Å². The van der Waals surface area contributed by atoms with Crippen molar-refractivity contribution < 1.29 is 9.84 Å². The average molecular weight is 300 g/mol. The largest absolute Gasteiger partial charge is 0.389 e. The number of ether oxygens (including phenoxy) is 1. The van der Waals surface area contributed by atoms with E-state index in [-0.39, 0.29) is 11.8 Å². The molecule has 0 amide bonds. The molecule has 1 fully saturated rings. The Morgan fingerprint density at radius 2 is 2.00 bits per heavy atom. The van der Waals surface area contributed by atoms with E-state index in [1.807, 2.05) is 6.92 Å². The summed E-state index contributed by atoms with van der Waals surface area (Å²) in [7, 11) is 1.60. The van der Waals surface area contributed by atoms with Crippen molar-refractivity contribution in [3.63, 3.8) is 0 Å². The van der Waals surface area contributed by atoms with Crippen LogP contribution in [0.2, 0.25) is 5.15 Å². The first-order valence-electron chi connectivity index (χ1n) is 6.84. The van der Waals surface area contributed by atoms with Gasteiger partial charge < -0.3 is 14.7 Å². The van der Waals surface area contributed by atoms with Gasteiger partial charge in [0.15, 0.2) is 5.82 Å². The highest BCUT2D eigenvalue weighted by atomic mass is 35.5. The first-order valence-corrected chi connectivity index (χ1v) is 7.22. The van der Waals surface area contributed by atoms with Crippen molar-refractivity contribution in [3.8, 4) is 0 Å². The number of aliphatic hydroxyl groups is 1. The van der Waals surface area contributed by atoms with Crippen molar-refractivity contribution in [2.24, 2.45) is 11.8 Å². The van der Waals surface area contributed by atoms with E-state index in [1.165, 1.54) is 0 Å². The second kappa shape index (κ2) is 5.84. The zero-order chi connectivity index (χ0) is 14.9. The van der Waals surface area contributed by atoms with Gasteiger partial charge in [-0.3, -0.25) is 0 Å². The van der Waals surface area contributed by atoms with Crippen molar-refractivity contribution in [2.45, 2.75) is 33.0 Å². The lowest BCUT2D eigenvalue weighted by molar-refractivity contribution is -0.0504. The van der Waals surface area contributed by atoms with Crippen LogP contribution >= 0.6 is 11.6 Å². The van der Waals surface area contributed by atoms with E-state index >= 15 is 0 Å². The normalized spacial score (nSPS) is 30.6. The molecule has 1 saturated heterocycles. The van der Waals surface area contributed by atoms with E-state index in [0.717, 1.165) is 18.9 Å². The smallest absolute Gasteiger partial charge is 0.158 e. The predicted molar refractivity (Wildman–Crippen MR) is 78.9 cm³/mol. The lowest BCUT2D eigenvalue weighted by Crippen LogP contribution is -2.55. The summed E-state index contributed by atoms with van der Waals surface area (Å²) in [6.07, 6.45) is 0. The summed E-state index contributed by atoms with van der Waals surface area (Å²) in [5, 5.41) is 10.9. The fourth-order valence-corrected chi connectivity index (χ4v) is 2.78. The number of hydrogen-bond acceptors (Lipinski definition) is 5. The predicted octanol–water partition coefficient (Wildman–Crippen LogP) is 2.12. The van der Waals surface area contributed by atoms with Gasteiger partial charge in [-0.1, -0.05) is 25.4 Å². The SMILES string of the molecule is COCc1nc(Cl)cc(N2C[C@@H](C)[C@@](C)(O)[C@@H](C)C2)n1. The molecule has 20 heavy (non-hydrogen) atoms. The Kier molecular flexibility index (Phi) is 4.52. The molecule has 6 heteroatoms. The summed E-state index contributed by atoms with van der Waals surface area (Å²) in [5.41, 5.74) is -0.650. The molecule has 0 spiro atoms. The Hall–Kier alpha value is -0.910. The van der Waals surface area contributed by atoms with Gasteiger partial charge in [0.05, 0.1) is 5.60 Å². The van der Waals surface area contributed by atoms with Gasteiger partial charge in [-0.2, -0.15) is 0 Å². The van der Waals surface area contributed by atoms with Crippen LogP contribution in [0.25, 0.3) is 0 Å². The van der Waals surface area contributed by atoms with Crippen molar-refractivity contribution in [3.05, 3.63) is 17.0 Å². The highest BCUT2D eigenvalue weighted by Crippen LogP contribution is 2.34. The van der Waals surface area contributed by atoms with Crippen molar-refractivity contribution in [1.29, 1.82) is 0 Å². The van der Waals surface area contributed by atoms with E-state index in [4.69, 9.17) is 16.3 Å². The molecule has 0 radical (unpaired) electrons. The number of piperidine rings is 1. The Morgan fingerprint density at radius 1 is 1.40 bits per heavy atom. The van der Waals surface area contributed by atoms with Crippen LogP contribution in [-0.4, -0.2) is 40.9 Å². The third-order valence-electron chi connectivity index (χ3n) is 4.31. The first-order chi connectivity index (χ1) is 9.34. The van der Waals surface area contributed by atoms with E-state index in [0.29, 0.717) is 17.6 Å². The van der Waals surface area contributed by atoms with Gasteiger partial charge in [0, 0.05) is 38.1 Å². The van der Waals surface area contributed by atoms with Crippen LogP contribution < -0.4 is 4.90 Å². The van der Waals surface area contributed by atoms with Gasteiger partial charge in [0.2, 0.25) is 0 Å².